The first-order valence-corrected chi connectivity index (χ1v) is 10.5. The van der Waals surface area contributed by atoms with Crippen LogP contribution < -0.4 is 0 Å². The second-order valence-electron chi connectivity index (χ2n) is 8.84. The average Bonchev–Trinajstić information content (AvgIpc) is 3.34. The fourth-order valence-corrected chi connectivity index (χ4v) is 5.98. The predicted octanol–water partition coefficient (Wildman–Crippen LogP) is 3.15. The van der Waals surface area contributed by atoms with Gasteiger partial charge in [-0.2, -0.15) is 0 Å². The number of piperidine rings is 1. The predicted molar refractivity (Wildman–Crippen MR) is 95.1 cm³/mol. The molecular weight excluding hydrogens is 312 g/mol. The van der Waals surface area contributed by atoms with Crippen molar-refractivity contribution in [3.8, 4) is 0 Å². The maximum atomic E-state index is 13.1. The molecule has 4 aliphatic rings. The summed E-state index contributed by atoms with van der Waals surface area (Å²) in [6, 6.07) is 0. The molecule has 5 nitrogen and oxygen atoms in total. The monoisotopic (exact) mass is 342 g/mol. The Morgan fingerprint density at radius 3 is 2.76 bits per heavy atom. The molecule has 3 heterocycles. The van der Waals surface area contributed by atoms with Gasteiger partial charge in [-0.1, -0.05) is 12.8 Å². The fraction of sp³-hybridized carbons (Fsp3) is 0.850. The van der Waals surface area contributed by atoms with E-state index in [1.54, 1.807) is 0 Å². The smallest absolute Gasteiger partial charge is 0.225 e. The molecule has 2 bridgehead atoms. The van der Waals surface area contributed by atoms with Crippen LogP contribution >= 0.6 is 0 Å². The Bertz CT molecular complexity index is 654. The van der Waals surface area contributed by atoms with Crippen LogP contribution in [0.5, 0.6) is 0 Å². The molecule has 3 fully saturated rings. The highest BCUT2D eigenvalue weighted by Gasteiger charge is 2.45. The Labute approximate surface area is 150 Å². The molecule has 1 aromatic rings. The minimum atomic E-state index is 0.327. The van der Waals surface area contributed by atoms with E-state index in [0.717, 1.165) is 57.1 Å². The second kappa shape index (κ2) is 6.40. The highest BCUT2D eigenvalue weighted by atomic mass is 16.2. The summed E-state index contributed by atoms with van der Waals surface area (Å²) in [6.45, 7) is 2.88. The summed E-state index contributed by atoms with van der Waals surface area (Å²) in [4.78, 5) is 15.3. The van der Waals surface area contributed by atoms with Crippen molar-refractivity contribution in [3.63, 3.8) is 0 Å². The molecule has 5 heteroatoms. The lowest BCUT2D eigenvalue weighted by atomic mass is 9.86. The SMILES string of the molecule is O=C([C@H]1C[C@H]2CC[C@H]1C2)N1CCC[C@H](c2nnc3n2CCCCC3)C1. The van der Waals surface area contributed by atoms with E-state index in [0.29, 0.717) is 23.7 Å². The second-order valence-corrected chi connectivity index (χ2v) is 8.84. The van der Waals surface area contributed by atoms with Gasteiger partial charge in [0.1, 0.15) is 11.6 Å². The third-order valence-corrected chi connectivity index (χ3v) is 7.29. The van der Waals surface area contributed by atoms with Crippen LogP contribution in [0, 0.1) is 17.8 Å². The highest BCUT2D eigenvalue weighted by Crippen LogP contribution is 2.49. The van der Waals surface area contributed by atoms with Gasteiger partial charge in [0.15, 0.2) is 0 Å². The largest absolute Gasteiger partial charge is 0.342 e. The van der Waals surface area contributed by atoms with E-state index < -0.39 is 0 Å². The van der Waals surface area contributed by atoms with Crippen LogP contribution in [0.1, 0.15) is 75.4 Å². The van der Waals surface area contributed by atoms with Gasteiger partial charge in [0, 0.05) is 37.9 Å². The van der Waals surface area contributed by atoms with Crippen molar-refractivity contribution in [1.82, 2.24) is 19.7 Å². The maximum Gasteiger partial charge on any atom is 0.225 e. The normalized spacial score (nSPS) is 34.8. The molecule has 4 atom stereocenters. The average molecular weight is 342 g/mol. The number of hydrogen-bond acceptors (Lipinski definition) is 3. The standard InChI is InChI=1S/C20H30N4O/c25-20(17-12-14-7-8-15(17)11-14)23-9-4-5-16(13-23)19-22-21-18-6-2-1-3-10-24(18)19/h14-17H,1-13H2/t14-,15-,16-,17-/m0/s1. The first kappa shape index (κ1) is 15.8. The number of aromatic nitrogens is 3. The van der Waals surface area contributed by atoms with Crippen molar-refractivity contribution >= 4 is 5.91 Å². The van der Waals surface area contributed by atoms with Crippen molar-refractivity contribution in [2.75, 3.05) is 13.1 Å². The summed E-state index contributed by atoms with van der Waals surface area (Å²) in [6.07, 6.45) is 12.2. The zero-order valence-corrected chi connectivity index (χ0v) is 15.2. The van der Waals surface area contributed by atoms with E-state index in [1.807, 2.05) is 0 Å². The molecule has 5 rings (SSSR count). The van der Waals surface area contributed by atoms with Crippen LogP contribution in [0.2, 0.25) is 0 Å². The Kier molecular flexibility index (Phi) is 4.05. The van der Waals surface area contributed by atoms with Gasteiger partial charge < -0.3 is 9.47 Å². The van der Waals surface area contributed by atoms with Crippen LogP contribution in [-0.4, -0.2) is 38.7 Å². The zero-order valence-electron chi connectivity index (χ0n) is 15.2. The number of aryl methyl sites for hydroxylation is 1. The van der Waals surface area contributed by atoms with Gasteiger partial charge in [0.05, 0.1) is 0 Å². The number of rotatable bonds is 2. The van der Waals surface area contributed by atoms with Crippen LogP contribution in [0.25, 0.3) is 0 Å². The molecule has 1 saturated heterocycles. The molecule has 2 saturated carbocycles. The molecule has 136 valence electrons. The van der Waals surface area contributed by atoms with Crippen molar-refractivity contribution in [2.24, 2.45) is 17.8 Å². The van der Waals surface area contributed by atoms with Crippen LogP contribution in [0.15, 0.2) is 0 Å². The molecule has 2 aliphatic heterocycles. The first-order valence-electron chi connectivity index (χ1n) is 10.5. The van der Waals surface area contributed by atoms with E-state index in [9.17, 15) is 4.79 Å². The quantitative estimate of drug-likeness (QED) is 0.829. The molecule has 0 N–H and O–H groups in total. The van der Waals surface area contributed by atoms with Crippen molar-refractivity contribution in [3.05, 3.63) is 11.6 Å². The lowest BCUT2D eigenvalue weighted by molar-refractivity contribution is -0.138. The first-order chi connectivity index (χ1) is 12.3. The number of carbonyl (C=O) groups is 1. The van der Waals surface area contributed by atoms with Gasteiger partial charge in [-0.05, 0) is 56.8 Å². The third kappa shape index (κ3) is 2.80. The number of fused-ring (bicyclic) bond motifs is 3. The van der Waals surface area contributed by atoms with Crippen LogP contribution in [-0.2, 0) is 17.8 Å². The lowest BCUT2D eigenvalue weighted by Crippen LogP contribution is -2.44. The number of carbonyl (C=O) groups excluding carboxylic acids is 1. The molecule has 0 unspecified atom stereocenters. The molecule has 1 amide bonds. The molecular formula is C20H30N4O. The molecule has 25 heavy (non-hydrogen) atoms. The number of hydrogen-bond donors (Lipinski definition) is 0. The van der Waals surface area contributed by atoms with E-state index in [1.165, 1.54) is 44.3 Å². The summed E-state index contributed by atoms with van der Waals surface area (Å²) < 4.78 is 2.38. The Balaban J connectivity index is 1.31. The third-order valence-electron chi connectivity index (χ3n) is 7.29. The lowest BCUT2D eigenvalue weighted by Gasteiger charge is -2.35. The maximum absolute atomic E-state index is 13.1. The Hall–Kier alpha value is -1.39. The number of amides is 1. The van der Waals surface area contributed by atoms with E-state index in [2.05, 4.69) is 19.7 Å². The molecule has 2 aliphatic carbocycles. The van der Waals surface area contributed by atoms with E-state index in [-0.39, 0.29) is 0 Å². The van der Waals surface area contributed by atoms with E-state index >= 15 is 0 Å². The summed E-state index contributed by atoms with van der Waals surface area (Å²) in [5.74, 6) is 5.01. The van der Waals surface area contributed by atoms with Crippen molar-refractivity contribution in [2.45, 2.75) is 76.7 Å². The highest BCUT2D eigenvalue weighted by molar-refractivity contribution is 5.80. The summed E-state index contributed by atoms with van der Waals surface area (Å²) in [5.41, 5.74) is 0. The van der Waals surface area contributed by atoms with Gasteiger partial charge in [-0.3, -0.25) is 4.79 Å². The van der Waals surface area contributed by atoms with Crippen LogP contribution in [0.4, 0.5) is 0 Å². The zero-order chi connectivity index (χ0) is 16.8. The molecule has 0 spiro atoms. The van der Waals surface area contributed by atoms with Gasteiger partial charge in [0.2, 0.25) is 5.91 Å². The Morgan fingerprint density at radius 2 is 1.92 bits per heavy atom. The van der Waals surface area contributed by atoms with Gasteiger partial charge in [-0.15, -0.1) is 10.2 Å². The summed E-state index contributed by atoms with van der Waals surface area (Å²) in [5, 5.41) is 9.05. The van der Waals surface area contributed by atoms with Crippen molar-refractivity contribution < 1.29 is 4.79 Å². The minimum absolute atomic E-state index is 0.327. The van der Waals surface area contributed by atoms with Gasteiger partial charge in [0.25, 0.3) is 0 Å². The van der Waals surface area contributed by atoms with Gasteiger partial charge in [-0.25, -0.2) is 0 Å². The summed E-state index contributed by atoms with van der Waals surface area (Å²) in [7, 11) is 0. The molecule has 0 radical (unpaired) electrons. The number of likely N-dealkylation sites (tertiary alicyclic amines) is 1. The molecule has 0 aromatic carbocycles. The number of nitrogens with zero attached hydrogens (tertiary/aromatic N) is 4. The fourth-order valence-electron chi connectivity index (χ4n) is 5.98. The minimum Gasteiger partial charge on any atom is -0.342 e. The van der Waals surface area contributed by atoms with Gasteiger partial charge >= 0.3 is 0 Å². The van der Waals surface area contributed by atoms with Crippen molar-refractivity contribution in [1.29, 1.82) is 0 Å². The van der Waals surface area contributed by atoms with E-state index in [4.69, 9.17) is 0 Å². The topological polar surface area (TPSA) is 51.0 Å². The Morgan fingerprint density at radius 1 is 0.960 bits per heavy atom. The summed E-state index contributed by atoms with van der Waals surface area (Å²) >= 11 is 0. The molecule has 1 aromatic heterocycles. The van der Waals surface area contributed by atoms with Crippen LogP contribution in [0.3, 0.4) is 0 Å².